The molecule has 1 aliphatic carbocycles. The Labute approximate surface area is 186 Å². The van der Waals surface area contributed by atoms with Crippen molar-refractivity contribution >= 4 is 61.4 Å². The molecule has 2 aromatic heterocycles. The lowest BCUT2D eigenvalue weighted by Gasteiger charge is -2.24. The molecule has 1 aliphatic rings. The first-order chi connectivity index (χ1) is 13.7. The number of halogens is 1. The Bertz CT molecular complexity index is 753. The van der Waals surface area contributed by atoms with Gasteiger partial charge in [0.05, 0.1) is 27.8 Å². The van der Waals surface area contributed by atoms with E-state index in [2.05, 4.69) is 56.3 Å². The van der Waals surface area contributed by atoms with Gasteiger partial charge in [-0.2, -0.15) is 0 Å². The summed E-state index contributed by atoms with van der Waals surface area (Å²) in [5, 5.41) is 5.35. The second kappa shape index (κ2) is 11.3. The Morgan fingerprint density at radius 1 is 1.21 bits per heavy atom. The van der Waals surface area contributed by atoms with Crippen molar-refractivity contribution in [1.29, 1.82) is 0 Å². The summed E-state index contributed by atoms with van der Waals surface area (Å²) < 4.78 is 2.35. The summed E-state index contributed by atoms with van der Waals surface area (Å²) in [6.45, 7) is 0.992. The van der Waals surface area contributed by atoms with Crippen LogP contribution in [0.4, 0.5) is 11.4 Å². The van der Waals surface area contributed by atoms with Crippen LogP contribution in [-0.4, -0.2) is 28.9 Å². The highest BCUT2D eigenvalue weighted by Crippen LogP contribution is 2.37. The van der Waals surface area contributed by atoms with Crippen molar-refractivity contribution in [1.82, 2.24) is 4.98 Å². The van der Waals surface area contributed by atoms with E-state index in [1.54, 1.807) is 11.3 Å². The number of carbonyl (C=O) groups excluding carboxylic acids is 1. The van der Waals surface area contributed by atoms with Crippen LogP contribution >= 0.6 is 33.9 Å². The Balaban J connectivity index is 1.78. The van der Waals surface area contributed by atoms with Gasteiger partial charge in [-0.1, -0.05) is 61.1 Å². The third-order valence-electron chi connectivity index (χ3n) is 5.69. The summed E-state index contributed by atoms with van der Waals surface area (Å²) >= 11 is 4.14. The van der Waals surface area contributed by atoms with Gasteiger partial charge < -0.3 is 10.2 Å². The van der Waals surface area contributed by atoms with Gasteiger partial charge in [0.15, 0.2) is 0 Å². The first-order valence-corrected chi connectivity index (χ1v) is 13.1. The minimum atomic E-state index is 0.134. The van der Waals surface area contributed by atoms with Crippen molar-refractivity contribution in [3.63, 3.8) is 0 Å². The number of rotatable bonds is 7. The normalized spacial score (nSPS) is 16.4. The van der Waals surface area contributed by atoms with Crippen molar-refractivity contribution in [2.45, 2.75) is 64.2 Å². The Morgan fingerprint density at radius 3 is 2.64 bits per heavy atom. The van der Waals surface area contributed by atoms with E-state index in [9.17, 15) is 4.79 Å². The van der Waals surface area contributed by atoms with Gasteiger partial charge in [-0.3, -0.25) is 9.78 Å². The lowest BCUT2D eigenvalue weighted by molar-refractivity contribution is -0.120. The number of alkyl halides is 1. The predicted molar refractivity (Wildman–Crippen MR) is 130 cm³/mol. The van der Waals surface area contributed by atoms with Crippen molar-refractivity contribution in [3.8, 4) is 0 Å². The molecule has 28 heavy (non-hydrogen) atoms. The number of carbonyl (C=O) groups is 1. The minimum absolute atomic E-state index is 0.134. The summed E-state index contributed by atoms with van der Waals surface area (Å²) in [5.41, 5.74) is 3.02. The van der Waals surface area contributed by atoms with Gasteiger partial charge in [-0.15, -0.1) is 11.3 Å². The molecule has 1 saturated carbocycles. The molecule has 6 heteroatoms. The van der Waals surface area contributed by atoms with Crippen LogP contribution in [0, 0.1) is 5.92 Å². The van der Waals surface area contributed by atoms with Gasteiger partial charge in [0.1, 0.15) is 0 Å². The van der Waals surface area contributed by atoms with Gasteiger partial charge in [0.2, 0.25) is 5.91 Å². The van der Waals surface area contributed by atoms with Gasteiger partial charge in [0.25, 0.3) is 0 Å². The fourth-order valence-electron chi connectivity index (χ4n) is 4.05. The number of anilines is 2. The standard InChI is InChI=1S/C22H32IN3OS/c1-26(14-9-8-13-23)20-19(16-24-18-12-15-28-21(18)20)25-22(27)17-10-6-4-2-3-5-7-11-17/h12,15-17H,2-11,13-14H2,1H3,(H,25,27). The van der Waals surface area contributed by atoms with E-state index >= 15 is 0 Å². The first kappa shape index (κ1) is 21.8. The number of amides is 1. The smallest absolute Gasteiger partial charge is 0.227 e. The molecular weight excluding hydrogens is 481 g/mol. The average Bonchev–Trinajstić information content (AvgIpc) is 3.20. The molecule has 0 bridgehead atoms. The zero-order chi connectivity index (χ0) is 19.8. The van der Waals surface area contributed by atoms with Gasteiger partial charge in [-0.25, -0.2) is 0 Å². The molecule has 154 valence electrons. The highest BCUT2D eigenvalue weighted by Gasteiger charge is 2.22. The number of nitrogens with zero attached hydrogens (tertiary/aromatic N) is 2. The molecular formula is C22H32IN3OS. The van der Waals surface area contributed by atoms with Crippen LogP contribution in [0.3, 0.4) is 0 Å². The Kier molecular flexibility index (Phi) is 8.83. The lowest BCUT2D eigenvalue weighted by Crippen LogP contribution is -2.26. The van der Waals surface area contributed by atoms with Crippen LogP contribution in [-0.2, 0) is 4.79 Å². The summed E-state index contributed by atoms with van der Waals surface area (Å²) in [5.74, 6) is 0.316. The molecule has 0 spiro atoms. The summed E-state index contributed by atoms with van der Waals surface area (Å²) in [6.07, 6.45) is 13.8. The highest BCUT2D eigenvalue weighted by molar-refractivity contribution is 14.1. The van der Waals surface area contributed by atoms with E-state index in [0.29, 0.717) is 0 Å². The maximum Gasteiger partial charge on any atom is 0.227 e. The number of unbranched alkanes of at least 4 members (excludes halogenated alkanes) is 1. The number of thiophene rings is 1. The number of fused-ring (bicyclic) bond motifs is 1. The Morgan fingerprint density at radius 2 is 1.93 bits per heavy atom. The molecule has 1 N–H and O–H groups in total. The van der Waals surface area contributed by atoms with E-state index < -0.39 is 0 Å². The van der Waals surface area contributed by atoms with E-state index in [-0.39, 0.29) is 11.8 Å². The molecule has 2 heterocycles. The van der Waals surface area contributed by atoms with Crippen molar-refractivity contribution in [2.75, 3.05) is 28.2 Å². The van der Waals surface area contributed by atoms with Gasteiger partial charge >= 0.3 is 0 Å². The summed E-state index contributed by atoms with van der Waals surface area (Å²) in [7, 11) is 2.14. The number of aromatic nitrogens is 1. The van der Waals surface area contributed by atoms with Crippen LogP contribution in [0.15, 0.2) is 17.6 Å². The Hall–Kier alpha value is -0.890. The third kappa shape index (κ3) is 5.81. The summed E-state index contributed by atoms with van der Waals surface area (Å²) in [6, 6.07) is 2.06. The van der Waals surface area contributed by atoms with Crippen molar-refractivity contribution in [2.24, 2.45) is 5.92 Å². The monoisotopic (exact) mass is 513 g/mol. The van der Waals surface area contributed by atoms with Crippen LogP contribution < -0.4 is 10.2 Å². The molecule has 1 amide bonds. The van der Waals surface area contributed by atoms with Crippen molar-refractivity contribution in [3.05, 3.63) is 17.6 Å². The largest absolute Gasteiger partial charge is 0.372 e. The number of pyridine rings is 1. The molecule has 0 atom stereocenters. The zero-order valence-electron chi connectivity index (χ0n) is 16.9. The molecule has 1 fully saturated rings. The van der Waals surface area contributed by atoms with E-state index in [1.807, 2.05) is 6.20 Å². The molecule has 0 unspecified atom stereocenters. The SMILES string of the molecule is CN(CCCCI)c1c(NC(=O)C2CCCCCCCC2)cnc2ccsc12. The third-order valence-corrected chi connectivity index (χ3v) is 7.36. The maximum atomic E-state index is 13.1. The van der Waals surface area contributed by atoms with E-state index in [0.717, 1.165) is 42.7 Å². The molecule has 4 nitrogen and oxygen atoms in total. The number of hydrogen-bond donors (Lipinski definition) is 1. The lowest BCUT2D eigenvalue weighted by atomic mass is 9.96. The molecule has 0 radical (unpaired) electrons. The predicted octanol–water partition coefficient (Wildman–Crippen LogP) is 6.64. The molecule has 3 rings (SSSR count). The topological polar surface area (TPSA) is 45.2 Å². The second-order valence-corrected chi connectivity index (χ2v) is 9.85. The van der Waals surface area contributed by atoms with Gasteiger partial charge in [-0.05, 0) is 41.6 Å². The van der Waals surface area contributed by atoms with E-state index in [4.69, 9.17) is 0 Å². The van der Waals surface area contributed by atoms with Gasteiger partial charge in [0, 0.05) is 19.5 Å². The zero-order valence-corrected chi connectivity index (χ0v) is 19.9. The number of nitrogens with one attached hydrogen (secondary N) is 1. The number of hydrogen-bond acceptors (Lipinski definition) is 4. The van der Waals surface area contributed by atoms with Crippen molar-refractivity contribution < 1.29 is 4.79 Å². The summed E-state index contributed by atoms with van der Waals surface area (Å²) in [4.78, 5) is 20.0. The molecule has 2 aromatic rings. The minimum Gasteiger partial charge on any atom is -0.372 e. The van der Waals surface area contributed by atoms with Crippen LogP contribution in [0.2, 0.25) is 0 Å². The first-order valence-electron chi connectivity index (χ1n) is 10.6. The fraction of sp³-hybridized carbons (Fsp3) is 0.636. The highest BCUT2D eigenvalue weighted by atomic mass is 127. The quantitative estimate of drug-likeness (QED) is 0.257. The van der Waals surface area contributed by atoms with Crippen LogP contribution in [0.25, 0.3) is 10.2 Å². The fourth-order valence-corrected chi connectivity index (χ4v) is 5.55. The van der Waals surface area contributed by atoms with Crippen LogP contribution in [0.5, 0.6) is 0 Å². The molecule has 0 aliphatic heterocycles. The van der Waals surface area contributed by atoms with E-state index in [1.165, 1.54) is 54.1 Å². The van der Waals surface area contributed by atoms with Crippen LogP contribution in [0.1, 0.15) is 64.2 Å². The maximum absolute atomic E-state index is 13.1. The molecule has 0 saturated heterocycles. The average molecular weight is 513 g/mol. The second-order valence-electron chi connectivity index (χ2n) is 7.86. The molecule has 0 aromatic carbocycles.